The third-order valence-electron chi connectivity index (χ3n) is 7.00. The number of amides is 1. The molecule has 1 amide bonds. The highest BCUT2D eigenvalue weighted by molar-refractivity contribution is 7.83. The van der Waals surface area contributed by atoms with Gasteiger partial charge in [-0.05, 0) is 75.8 Å². The van der Waals surface area contributed by atoms with E-state index in [2.05, 4.69) is 22.4 Å². The summed E-state index contributed by atoms with van der Waals surface area (Å²) in [7, 11) is -4.45. The number of benzene rings is 1. The molecule has 0 radical (unpaired) electrons. The van der Waals surface area contributed by atoms with Gasteiger partial charge >= 0.3 is 10.3 Å². The second-order valence-electron chi connectivity index (χ2n) is 10.1. The van der Waals surface area contributed by atoms with Crippen molar-refractivity contribution >= 4 is 27.1 Å². The number of fused-ring (bicyclic) bond motifs is 1. The van der Waals surface area contributed by atoms with Crippen molar-refractivity contribution in [3.63, 3.8) is 0 Å². The highest BCUT2D eigenvalue weighted by Gasteiger charge is 2.55. The van der Waals surface area contributed by atoms with Crippen molar-refractivity contribution in [2.45, 2.75) is 63.1 Å². The number of rotatable bonds is 4. The summed E-state index contributed by atoms with van der Waals surface area (Å²) in [6.45, 7) is 2.83. The van der Waals surface area contributed by atoms with Crippen LogP contribution in [0.15, 0.2) is 42.6 Å². The number of nitrogens with zero attached hydrogens (tertiary/aromatic N) is 1. The summed E-state index contributed by atoms with van der Waals surface area (Å²) in [5.41, 5.74) is -0.927. The number of aliphatic hydroxyl groups is 1. The smallest absolute Gasteiger partial charge is 0.334 e. The van der Waals surface area contributed by atoms with Gasteiger partial charge in [-0.15, -0.1) is 0 Å². The Labute approximate surface area is 188 Å². The molecule has 4 bridgehead atoms. The lowest BCUT2D eigenvalue weighted by Gasteiger charge is -2.58. The Morgan fingerprint density at radius 3 is 2.31 bits per heavy atom. The molecule has 4 fully saturated rings. The van der Waals surface area contributed by atoms with E-state index < -0.39 is 27.4 Å². The second kappa shape index (κ2) is 8.37. The summed E-state index contributed by atoms with van der Waals surface area (Å²) < 4.78 is 32.8. The summed E-state index contributed by atoms with van der Waals surface area (Å²) in [6, 6.07) is 12.1. The molecule has 2 atom stereocenters. The predicted octanol–water partition coefficient (Wildman–Crippen LogP) is 2.45. The van der Waals surface area contributed by atoms with Crippen LogP contribution in [-0.2, 0) is 15.1 Å². The van der Waals surface area contributed by atoms with Crippen LogP contribution in [0, 0.1) is 17.8 Å². The van der Waals surface area contributed by atoms with E-state index in [1.54, 1.807) is 0 Å². The Bertz CT molecular complexity index is 1020. The van der Waals surface area contributed by atoms with E-state index in [0.29, 0.717) is 18.8 Å². The van der Waals surface area contributed by atoms with Crippen LogP contribution < -0.4 is 10.0 Å². The minimum Gasteiger partial charge on any atom is -0.390 e. The molecule has 4 N–H and O–H groups in total. The van der Waals surface area contributed by atoms with Crippen LogP contribution in [0.25, 0.3) is 10.9 Å². The van der Waals surface area contributed by atoms with Gasteiger partial charge in [0, 0.05) is 17.6 Å². The van der Waals surface area contributed by atoms with Crippen LogP contribution in [0.3, 0.4) is 0 Å². The molecule has 0 spiro atoms. The lowest BCUT2D eigenvalue weighted by molar-refractivity contribution is -0.148. The summed E-state index contributed by atoms with van der Waals surface area (Å²) in [6.07, 6.45) is 6.11. The standard InChI is InChI=1S/C14H24N2O5S.C9H7N/c1-13(2,16-22(19,20)21)12(17)15-11-9-3-8-4-10(11)7-14(18,5-8)6-9;1-2-6-9-8(4-1)5-3-7-10-9/h8-11,16,18H,3-7H2,1-2H3,(H,15,17)(H,19,20,21);1-7H. The first kappa shape index (κ1) is 23.1. The maximum atomic E-state index is 12.4. The highest BCUT2D eigenvalue weighted by Crippen LogP contribution is 2.55. The van der Waals surface area contributed by atoms with Gasteiger partial charge in [0.1, 0.15) is 5.54 Å². The zero-order chi connectivity index (χ0) is 23.1. The minimum absolute atomic E-state index is 0.0215. The maximum Gasteiger partial charge on any atom is 0.334 e. The van der Waals surface area contributed by atoms with Crippen molar-refractivity contribution in [2.24, 2.45) is 17.8 Å². The number of carbonyl (C=O) groups excluding carboxylic acids is 1. The van der Waals surface area contributed by atoms with Crippen LogP contribution >= 0.6 is 0 Å². The van der Waals surface area contributed by atoms with Crippen LogP contribution in [0.2, 0.25) is 0 Å². The van der Waals surface area contributed by atoms with Gasteiger partial charge in [-0.2, -0.15) is 13.1 Å². The van der Waals surface area contributed by atoms with Gasteiger partial charge in [0.05, 0.1) is 11.1 Å². The van der Waals surface area contributed by atoms with Gasteiger partial charge in [0.25, 0.3) is 0 Å². The van der Waals surface area contributed by atoms with Gasteiger partial charge < -0.3 is 10.4 Å². The number of nitrogens with one attached hydrogen (secondary N) is 2. The lowest BCUT2D eigenvalue weighted by atomic mass is 9.52. The zero-order valence-electron chi connectivity index (χ0n) is 18.4. The molecule has 0 saturated heterocycles. The molecule has 6 rings (SSSR count). The molecule has 32 heavy (non-hydrogen) atoms. The quantitative estimate of drug-likeness (QED) is 0.518. The average molecular weight is 462 g/mol. The predicted molar refractivity (Wildman–Crippen MR) is 121 cm³/mol. The van der Waals surface area contributed by atoms with E-state index >= 15 is 0 Å². The normalized spacial score (nSPS) is 31.1. The highest BCUT2D eigenvalue weighted by atomic mass is 32.2. The molecule has 4 aliphatic carbocycles. The van der Waals surface area contributed by atoms with Gasteiger partial charge in [-0.1, -0.05) is 24.3 Å². The number of hydrogen-bond donors (Lipinski definition) is 4. The topological polar surface area (TPSA) is 129 Å². The summed E-state index contributed by atoms with van der Waals surface area (Å²) in [5, 5.41) is 14.7. The summed E-state index contributed by atoms with van der Waals surface area (Å²) in [4.78, 5) is 16.6. The molecule has 9 heteroatoms. The van der Waals surface area contributed by atoms with Crippen molar-refractivity contribution in [1.29, 1.82) is 0 Å². The largest absolute Gasteiger partial charge is 0.390 e. The summed E-state index contributed by atoms with van der Waals surface area (Å²) in [5.74, 6) is 0.595. The Kier molecular flexibility index (Phi) is 6.04. The molecule has 2 unspecified atom stereocenters. The van der Waals surface area contributed by atoms with Gasteiger partial charge in [-0.3, -0.25) is 14.3 Å². The minimum atomic E-state index is -4.45. The van der Waals surface area contributed by atoms with E-state index in [1.807, 2.05) is 35.2 Å². The Morgan fingerprint density at radius 2 is 1.72 bits per heavy atom. The first-order valence-electron chi connectivity index (χ1n) is 11.0. The number of aromatic nitrogens is 1. The van der Waals surface area contributed by atoms with E-state index in [0.717, 1.165) is 24.8 Å². The molecule has 4 saturated carbocycles. The Morgan fingerprint density at radius 1 is 1.09 bits per heavy atom. The molecule has 2 aromatic rings. The van der Waals surface area contributed by atoms with Crippen LogP contribution in [0.4, 0.5) is 0 Å². The fourth-order valence-electron chi connectivity index (χ4n) is 5.93. The van der Waals surface area contributed by atoms with E-state index in [-0.39, 0.29) is 17.9 Å². The first-order chi connectivity index (χ1) is 14.9. The lowest BCUT2D eigenvalue weighted by Crippen LogP contribution is -2.65. The molecule has 4 aliphatic rings. The SMILES string of the molecule is CC(C)(NS(=O)(=O)O)C(=O)NC1C2CC3CC1CC(O)(C3)C2.c1ccc2ncccc2c1. The Hall–Kier alpha value is -2.07. The maximum absolute atomic E-state index is 12.4. The van der Waals surface area contributed by atoms with Crippen LogP contribution in [0.5, 0.6) is 0 Å². The molecule has 174 valence electrons. The molecule has 0 aliphatic heterocycles. The molecule has 8 nitrogen and oxygen atoms in total. The van der Waals surface area contributed by atoms with Crippen molar-refractivity contribution < 1.29 is 22.9 Å². The fourth-order valence-corrected chi connectivity index (χ4v) is 6.67. The van der Waals surface area contributed by atoms with E-state index in [9.17, 15) is 18.3 Å². The number of hydrogen-bond acceptors (Lipinski definition) is 5. The van der Waals surface area contributed by atoms with Gasteiger partial charge in [0.15, 0.2) is 0 Å². The monoisotopic (exact) mass is 461 g/mol. The number of para-hydroxylation sites is 1. The molecular formula is C23H31N3O5S. The molecule has 1 heterocycles. The second-order valence-corrected chi connectivity index (χ2v) is 11.2. The van der Waals surface area contributed by atoms with Crippen molar-refractivity contribution in [1.82, 2.24) is 15.0 Å². The fraction of sp³-hybridized carbons (Fsp3) is 0.565. The number of carbonyl (C=O) groups is 1. The van der Waals surface area contributed by atoms with Crippen molar-refractivity contribution in [2.75, 3.05) is 0 Å². The Balaban J connectivity index is 0.000000203. The average Bonchev–Trinajstić information content (AvgIpc) is 2.68. The molecule has 1 aromatic carbocycles. The van der Waals surface area contributed by atoms with Gasteiger partial charge in [0.2, 0.25) is 5.91 Å². The van der Waals surface area contributed by atoms with Crippen LogP contribution in [-0.4, -0.2) is 46.2 Å². The van der Waals surface area contributed by atoms with E-state index in [4.69, 9.17) is 4.55 Å². The summed E-state index contributed by atoms with van der Waals surface area (Å²) >= 11 is 0. The first-order valence-corrected chi connectivity index (χ1v) is 12.5. The molecular weight excluding hydrogens is 430 g/mol. The zero-order valence-corrected chi connectivity index (χ0v) is 19.2. The van der Waals surface area contributed by atoms with Crippen molar-refractivity contribution in [3.8, 4) is 0 Å². The van der Waals surface area contributed by atoms with E-state index in [1.165, 1.54) is 19.2 Å². The third kappa shape index (κ3) is 5.11. The molecule has 1 aromatic heterocycles. The van der Waals surface area contributed by atoms with Crippen LogP contribution in [0.1, 0.15) is 46.0 Å². The third-order valence-corrected chi connectivity index (χ3v) is 7.77. The number of pyridine rings is 1. The van der Waals surface area contributed by atoms with Crippen molar-refractivity contribution in [3.05, 3.63) is 42.6 Å². The van der Waals surface area contributed by atoms with Gasteiger partial charge in [-0.25, -0.2) is 0 Å².